The molecule has 0 unspecified atom stereocenters. The average Bonchev–Trinajstić information content (AvgIpc) is 3.21. The fourth-order valence-electron chi connectivity index (χ4n) is 2.78. The lowest BCUT2D eigenvalue weighted by Gasteiger charge is -2.07. The van der Waals surface area contributed by atoms with Crippen LogP contribution in [0, 0.1) is 20.8 Å². The first-order chi connectivity index (χ1) is 13.0. The molecule has 3 aromatic rings. The van der Waals surface area contributed by atoms with Crippen LogP contribution >= 0.6 is 0 Å². The number of carbonyl (C=O) groups excluding carboxylic acids is 2. The summed E-state index contributed by atoms with van der Waals surface area (Å²) in [7, 11) is 0. The molecule has 0 saturated heterocycles. The van der Waals surface area contributed by atoms with Crippen molar-refractivity contribution in [2.45, 2.75) is 20.8 Å². The van der Waals surface area contributed by atoms with Gasteiger partial charge in [-0.25, -0.2) is 4.79 Å². The van der Waals surface area contributed by atoms with E-state index in [2.05, 4.69) is 5.16 Å². The number of ether oxygens (including phenoxy) is 2. The van der Waals surface area contributed by atoms with Crippen LogP contribution in [0.15, 0.2) is 47.0 Å². The molecule has 140 valence electrons. The molecule has 0 aliphatic rings. The molecule has 0 radical (unpaired) electrons. The molecule has 0 aliphatic carbocycles. The standard InChI is InChI=1S/C20H20N2O5/c1-13-9-17(15(3)22(13)19-10-14(2)27-21-19)18(23)11-26-20(24)12-25-16-7-5-4-6-8-16/h4-10H,11-12H2,1-3H3. The molecule has 0 amide bonds. The van der Waals surface area contributed by atoms with Crippen LogP contribution in [0.2, 0.25) is 0 Å². The molecule has 2 aromatic heterocycles. The van der Waals surface area contributed by atoms with E-state index in [9.17, 15) is 9.59 Å². The Morgan fingerprint density at radius 1 is 1.07 bits per heavy atom. The number of aromatic nitrogens is 2. The normalized spacial score (nSPS) is 10.6. The van der Waals surface area contributed by atoms with Crippen LogP contribution < -0.4 is 4.74 Å². The lowest BCUT2D eigenvalue weighted by molar-refractivity contribution is -0.144. The van der Waals surface area contributed by atoms with E-state index in [1.807, 2.05) is 24.5 Å². The van der Waals surface area contributed by atoms with Crippen molar-refractivity contribution in [3.8, 4) is 11.6 Å². The number of aryl methyl sites for hydroxylation is 2. The number of esters is 1. The van der Waals surface area contributed by atoms with Gasteiger partial charge in [-0.3, -0.25) is 9.36 Å². The van der Waals surface area contributed by atoms with Crippen molar-refractivity contribution in [3.63, 3.8) is 0 Å². The van der Waals surface area contributed by atoms with Gasteiger partial charge in [0.2, 0.25) is 5.78 Å². The van der Waals surface area contributed by atoms with Crippen molar-refractivity contribution >= 4 is 11.8 Å². The summed E-state index contributed by atoms with van der Waals surface area (Å²) in [6.07, 6.45) is 0. The Hall–Kier alpha value is -3.35. The molecule has 0 aliphatic heterocycles. The maximum Gasteiger partial charge on any atom is 0.344 e. The van der Waals surface area contributed by atoms with Gasteiger partial charge in [0.25, 0.3) is 0 Å². The maximum absolute atomic E-state index is 12.5. The Morgan fingerprint density at radius 3 is 2.48 bits per heavy atom. The molecule has 0 fully saturated rings. The van der Waals surface area contributed by atoms with E-state index in [0.29, 0.717) is 28.6 Å². The Balaban J connectivity index is 1.60. The third-order valence-corrected chi connectivity index (χ3v) is 4.04. The molecule has 7 heteroatoms. The summed E-state index contributed by atoms with van der Waals surface area (Å²) in [6.45, 7) is 4.87. The number of para-hydroxylation sites is 1. The van der Waals surface area contributed by atoms with Gasteiger partial charge in [0.1, 0.15) is 11.5 Å². The highest BCUT2D eigenvalue weighted by atomic mass is 16.6. The number of ketones is 1. The van der Waals surface area contributed by atoms with Crippen LogP contribution in [0.25, 0.3) is 5.82 Å². The van der Waals surface area contributed by atoms with Crippen LogP contribution in [-0.2, 0) is 9.53 Å². The van der Waals surface area contributed by atoms with Crippen LogP contribution in [0.1, 0.15) is 27.5 Å². The van der Waals surface area contributed by atoms with E-state index in [1.54, 1.807) is 43.3 Å². The van der Waals surface area contributed by atoms with Crippen molar-refractivity contribution in [1.82, 2.24) is 9.72 Å². The zero-order chi connectivity index (χ0) is 19.4. The minimum absolute atomic E-state index is 0.255. The van der Waals surface area contributed by atoms with Crippen molar-refractivity contribution in [1.29, 1.82) is 0 Å². The van der Waals surface area contributed by atoms with Gasteiger partial charge in [0.15, 0.2) is 19.0 Å². The first-order valence-electron chi connectivity index (χ1n) is 8.45. The molecule has 27 heavy (non-hydrogen) atoms. The van der Waals surface area contributed by atoms with Crippen LogP contribution in [0.4, 0.5) is 0 Å². The predicted molar refractivity (Wildman–Crippen MR) is 97.3 cm³/mol. The third kappa shape index (κ3) is 4.25. The topological polar surface area (TPSA) is 83.6 Å². The number of hydrogen-bond donors (Lipinski definition) is 0. The Labute approximate surface area is 156 Å². The van der Waals surface area contributed by atoms with Crippen molar-refractivity contribution < 1.29 is 23.6 Å². The van der Waals surface area contributed by atoms with Gasteiger partial charge in [0.05, 0.1) is 0 Å². The van der Waals surface area contributed by atoms with Gasteiger partial charge in [0, 0.05) is 23.0 Å². The van der Waals surface area contributed by atoms with E-state index in [-0.39, 0.29) is 19.0 Å². The van der Waals surface area contributed by atoms with Crippen LogP contribution in [0.3, 0.4) is 0 Å². The number of benzene rings is 1. The molecule has 0 spiro atoms. The van der Waals surface area contributed by atoms with Crippen molar-refractivity contribution in [2.75, 3.05) is 13.2 Å². The second-order valence-corrected chi connectivity index (χ2v) is 6.10. The second-order valence-electron chi connectivity index (χ2n) is 6.10. The molecular weight excluding hydrogens is 348 g/mol. The first kappa shape index (κ1) is 18.4. The molecule has 7 nitrogen and oxygen atoms in total. The molecule has 0 N–H and O–H groups in total. The monoisotopic (exact) mass is 368 g/mol. The molecule has 0 saturated carbocycles. The highest BCUT2D eigenvalue weighted by molar-refractivity contribution is 5.99. The van der Waals surface area contributed by atoms with E-state index in [1.165, 1.54) is 0 Å². The van der Waals surface area contributed by atoms with Gasteiger partial charge in [-0.15, -0.1) is 0 Å². The van der Waals surface area contributed by atoms with Gasteiger partial charge in [-0.05, 0) is 39.0 Å². The van der Waals surface area contributed by atoms with Gasteiger partial charge in [-0.2, -0.15) is 0 Å². The molecule has 2 heterocycles. The fourth-order valence-corrected chi connectivity index (χ4v) is 2.78. The van der Waals surface area contributed by atoms with Gasteiger partial charge >= 0.3 is 5.97 Å². The van der Waals surface area contributed by atoms with E-state index in [4.69, 9.17) is 14.0 Å². The molecule has 3 rings (SSSR count). The molecule has 0 bridgehead atoms. The first-order valence-corrected chi connectivity index (χ1v) is 8.45. The number of nitrogens with zero attached hydrogens (tertiary/aromatic N) is 2. The molecular formula is C20H20N2O5. The number of rotatable bonds is 7. The van der Waals surface area contributed by atoms with Crippen molar-refractivity contribution in [2.24, 2.45) is 0 Å². The van der Waals surface area contributed by atoms with Gasteiger partial charge < -0.3 is 14.0 Å². The predicted octanol–water partition coefficient (Wildman–Crippen LogP) is 3.20. The summed E-state index contributed by atoms with van der Waals surface area (Å²) in [5.41, 5.74) is 2.02. The minimum Gasteiger partial charge on any atom is -0.482 e. The number of Topliss-reactive ketones (excluding diaryl/α,β-unsaturated/α-hetero) is 1. The highest BCUT2D eigenvalue weighted by Crippen LogP contribution is 2.21. The Kier molecular flexibility index (Phi) is 5.40. The summed E-state index contributed by atoms with van der Waals surface area (Å²) in [5, 5.41) is 3.98. The Morgan fingerprint density at radius 2 is 1.81 bits per heavy atom. The fraction of sp³-hybridized carbons (Fsp3) is 0.250. The Bertz CT molecular complexity index is 956. The zero-order valence-corrected chi connectivity index (χ0v) is 15.4. The minimum atomic E-state index is -0.604. The second kappa shape index (κ2) is 7.90. The largest absolute Gasteiger partial charge is 0.482 e. The summed E-state index contributed by atoms with van der Waals surface area (Å²) < 4.78 is 17.3. The van der Waals surface area contributed by atoms with E-state index >= 15 is 0 Å². The average molecular weight is 368 g/mol. The zero-order valence-electron chi connectivity index (χ0n) is 15.4. The third-order valence-electron chi connectivity index (χ3n) is 4.04. The maximum atomic E-state index is 12.5. The quantitative estimate of drug-likeness (QED) is 0.470. The summed E-state index contributed by atoms with van der Waals surface area (Å²) >= 11 is 0. The summed E-state index contributed by atoms with van der Waals surface area (Å²) in [5.74, 6) is 0.954. The van der Waals surface area contributed by atoms with Crippen LogP contribution in [-0.4, -0.2) is 34.7 Å². The molecule has 0 atom stereocenters. The SMILES string of the molecule is Cc1cc(-n2c(C)cc(C(=O)COC(=O)COc3ccccc3)c2C)no1. The number of hydrogen-bond acceptors (Lipinski definition) is 6. The van der Waals surface area contributed by atoms with Crippen LogP contribution in [0.5, 0.6) is 5.75 Å². The summed E-state index contributed by atoms with van der Waals surface area (Å²) in [4.78, 5) is 24.3. The van der Waals surface area contributed by atoms with Gasteiger partial charge in [-0.1, -0.05) is 23.4 Å². The van der Waals surface area contributed by atoms with E-state index in [0.717, 1.165) is 5.69 Å². The smallest absolute Gasteiger partial charge is 0.344 e. The summed E-state index contributed by atoms with van der Waals surface area (Å²) in [6, 6.07) is 12.5. The molecule has 1 aromatic carbocycles. The lowest BCUT2D eigenvalue weighted by Crippen LogP contribution is -2.19. The number of carbonyl (C=O) groups is 2. The highest BCUT2D eigenvalue weighted by Gasteiger charge is 2.19. The lowest BCUT2D eigenvalue weighted by atomic mass is 10.1. The van der Waals surface area contributed by atoms with Crippen molar-refractivity contribution in [3.05, 3.63) is 65.2 Å². The van der Waals surface area contributed by atoms with E-state index < -0.39 is 5.97 Å².